The predicted molar refractivity (Wildman–Crippen MR) is 83.9 cm³/mol. The third-order valence-electron chi connectivity index (χ3n) is 4.39. The topological polar surface area (TPSA) is 69.6 Å². The van der Waals surface area contributed by atoms with Crippen molar-refractivity contribution in [3.8, 4) is 11.4 Å². The first-order valence-corrected chi connectivity index (χ1v) is 7.77. The van der Waals surface area contributed by atoms with Crippen LogP contribution in [0.15, 0.2) is 18.2 Å². The fraction of sp³-hybridized carbons (Fsp3) is 0.533. The molecule has 0 spiro atoms. The van der Waals surface area contributed by atoms with Crippen molar-refractivity contribution in [3.05, 3.63) is 23.2 Å². The standard InChI is InChI=1S/C15H20ClN5/c1-15(8-3-2-4-9-15)10-21-14(18-19-20-21)11-6-5-7-12(17)13(11)16/h5-7H,2-4,8-10,17H2,1H3. The highest BCUT2D eigenvalue weighted by Gasteiger charge is 2.29. The van der Waals surface area contributed by atoms with Gasteiger partial charge < -0.3 is 5.73 Å². The van der Waals surface area contributed by atoms with E-state index in [2.05, 4.69) is 22.4 Å². The second-order valence-corrected chi connectivity index (χ2v) is 6.62. The van der Waals surface area contributed by atoms with Crippen molar-refractivity contribution in [3.63, 3.8) is 0 Å². The Hall–Kier alpha value is -1.62. The van der Waals surface area contributed by atoms with Crippen LogP contribution in [0, 0.1) is 5.41 Å². The molecule has 0 atom stereocenters. The van der Waals surface area contributed by atoms with Gasteiger partial charge in [-0.2, -0.15) is 0 Å². The third-order valence-corrected chi connectivity index (χ3v) is 4.82. The number of rotatable bonds is 3. The second-order valence-electron chi connectivity index (χ2n) is 6.24. The summed E-state index contributed by atoms with van der Waals surface area (Å²) in [6.07, 6.45) is 6.34. The van der Waals surface area contributed by atoms with Crippen molar-refractivity contribution in [2.75, 3.05) is 5.73 Å². The third kappa shape index (κ3) is 2.88. The van der Waals surface area contributed by atoms with Gasteiger partial charge in [0.1, 0.15) is 0 Å². The Kier molecular flexibility index (Phi) is 3.85. The summed E-state index contributed by atoms with van der Waals surface area (Å²) in [5.74, 6) is 0.694. The Morgan fingerprint density at radius 3 is 2.81 bits per heavy atom. The molecule has 0 radical (unpaired) electrons. The van der Waals surface area contributed by atoms with Crippen LogP contribution >= 0.6 is 11.6 Å². The maximum Gasteiger partial charge on any atom is 0.183 e. The molecule has 112 valence electrons. The number of aromatic nitrogens is 4. The molecule has 1 fully saturated rings. The van der Waals surface area contributed by atoms with E-state index >= 15 is 0 Å². The smallest absolute Gasteiger partial charge is 0.183 e. The number of halogens is 1. The van der Waals surface area contributed by atoms with Crippen LogP contribution < -0.4 is 5.73 Å². The molecule has 2 aromatic rings. The fourth-order valence-electron chi connectivity index (χ4n) is 3.15. The zero-order chi connectivity index (χ0) is 14.9. The van der Waals surface area contributed by atoms with Gasteiger partial charge >= 0.3 is 0 Å². The van der Waals surface area contributed by atoms with Gasteiger partial charge in [0, 0.05) is 5.56 Å². The van der Waals surface area contributed by atoms with Gasteiger partial charge in [0.2, 0.25) is 0 Å². The van der Waals surface area contributed by atoms with Crippen molar-refractivity contribution in [1.29, 1.82) is 0 Å². The van der Waals surface area contributed by atoms with Gasteiger partial charge in [0.25, 0.3) is 0 Å². The monoisotopic (exact) mass is 305 g/mol. The summed E-state index contributed by atoms with van der Waals surface area (Å²) in [4.78, 5) is 0. The molecule has 0 bridgehead atoms. The SMILES string of the molecule is CC1(Cn2nnnc2-c2cccc(N)c2Cl)CCCCC1. The van der Waals surface area contributed by atoms with E-state index < -0.39 is 0 Å². The molecule has 1 aliphatic rings. The Balaban J connectivity index is 1.92. The zero-order valence-electron chi connectivity index (χ0n) is 12.2. The van der Waals surface area contributed by atoms with Crippen molar-refractivity contribution >= 4 is 17.3 Å². The first-order chi connectivity index (χ1) is 10.1. The van der Waals surface area contributed by atoms with Crippen molar-refractivity contribution < 1.29 is 0 Å². The molecule has 1 saturated carbocycles. The average Bonchev–Trinajstić information content (AvgIpc) is 2.90. The molecule has 21 heavy (non-hydrogen) atoms. The Morgan fingerprint density at radius 1 is 1.29 bits per heavy atom. The number of benzene rings is 1. The number of hydrogen-bond acceptors (Lipinski definition) is 4. The summed E-state index contributed by atoms with van der Waals surface area (Å²) >= 11 is 6.30. The number of anilines is 1. The lowest BCUT2D eigenvalue weighted by molar-refractivity contribution is 0.175. The minimum atomic E-state index is 0.259. The molecular weight excluding hydrogens is 286 g/mol. The Bertz CT molecular complexity index is 631. The summed E-state index contributed by atoms with van der Waals surface area (Å²) in [5.41, 5.74) is 7.48. The van der Waals surface area contributed by atoms with Crippen LogP contribution in [0.2, 0.25) is 5.02 Å². The van der Waals surface area contributed by atoms with Crippen LogP contribution in [0.1, 0.15) is 39.0 Å². The quantitative estimate of drug-likeness (QED) is 0.880. The minimum absolute atomic E-state index is 0.259. The van der Waals surface area contributed by atoms with E-state index in [-0.39, 0.29) is 5.41 Å². The van der Waals surface area contributed by atoms with E-state index in [0.717, 1.165) is 12.1 Å². The van der Waals surface area contributed by atoms with Gasteiger partial charge in [-0.3, -0.25) is 0 Å². The highest BCUT2D eigenvalue weighted by molar-refractivity contribution is 6.35. The highest BCUT2D eigenvalue weighted by Crippen LogP contribution is 2.38. The van der Waals surface area contributed by atoms with Crippen LogP contribution in [0.3, 0.4) is 0 Å². The van der Waals surface area contributed by atoms with Crippen molar-refractivity contribution in [2.24, 2.45) is 5.41 Å². The van der Waals surface area contributed by atoms with Crippen LogP contribution in [0.5, 0.6) is 0 Å². The molecule has 1 aromatic carbocycles. The van der Waals surface area contributed by atoms with Gasteiger partial charge in [0.15, 0.2) is 5.82 Å². The average molecular weight is 306 g/mol. The van der Waals surface area contributed by atoms with E-state index in [1.165, 1.54) is 32.1 Å². The summed E-state index contributed by atoms with van der Waals surface area (Å²) in [6.45, 7) is 3.14. The van der Waals surface area contributed by atoms with Gasteiger partial charge in [0.05, 0.1) is 17.3 Å². The number of nitrogens with two attached hydrogens (primary N) is 1. The summed E-state index contributed by atoms with van der Waals surface area (Å²) < 4.78 is 1.87. The zero-order valence-corrected chi connectivity index (χ0v) is 13.0. The van der Waals surface area contributed by atoms with E-state index in [1.54, 1.807) is 6.07 Å². The molecule has 0 saturated heterocycles. The van der Waals surface area contributed by atoms with Gasteiger partial charge in [-0.1, -0.05) is 43.9 Å². The van der Waals surface area contributed by atoms with E-state index in [9.17, 15) is 0 Å². The summed E-state index contributed by atoms with van der Waals surface area (Å²) in [5, 5.41) is 12.7. The number of nitrogen functional groups attached to an aromatic ring is 1. The lowest BCUT2D eigenvalue weighted by atomic mass is 9.76. The molecular formula is C15H20ClN5. The molecule has 1 heterocycles. The highest BCUT2D eigenvalue weighted by atomic mass is 35.5. The molecule has 2 N–H and O–H groups in total. The van der Waals surface area contributed by atoms with E-state index in [1.807, 2.05) is 16.8 Å². The van der Waals surface area contributed by atoms with Gasteiger partial charge in [-0.05, 0) is 40.8 Å². The van der Waals surface area contributed by atoms with Crippen LogP contribution in [-0.4, -0.2) is 20.2 Å². The Morgan fingerprint density at radius 2 is 2.05 bits per heavy atom. The largest absolute Gasteiger partial charge is 0.398 e. The van der Waals surface area contributed by atoms with Gasteiger partial charge in [-0.15, -0.1) is 5.10 Å². The molecule has 5 nitrogen and oxygen atoms in total. The fourth-order valence-corrected chi connectivity index (χ4v) is 3.36. The normalized spacial score (nSPS) is 17.8. The van der Waals surface area contributed by atoms with Crippen molar-refractivity contribution in [1.82, 2.24) is 20.2 Å². The molecule has 6 heteroatoms. The predicted octanol–water partition coefficient (Wildman–Crippen LogP) is 3.55. The van der Waals surface area contributed by atoms with E-state index in [0.29, 0.717) is 16.5 Å². The lowest BCUT2D eigenvalue weighted by Gasteiger charge is -2.33. The number of tetrazole rings is 1. The van der Waals surface area contributed by atoms with Crippen LogP contribution in [0.25, 0.3) is 11.4 Å². The molecule has 0 amide bonds. The molecule has 0 aliphatic heterocycles. The first-order valence-electron chi connectivity index (χ1n) is 7.40. The van der Waals surface area contributed by atoms with Crippen LogP contribution in [-0.2, 0) is 6.54 Å². The number of hydrogen-bond donors (Lipinski definition) is 1. The molecule has 3 rings (SSSR count). The summed E-state index contributed by atoms with van der Waals surface area (Å²) in [7, 11) is 0. The lowest BCUT2D eigenvalue weighted by Crippen LogP contribution is -2.27. The minimum Gasteiger partial charge on any atom is -0.398 e. The van der Waals surface area contributed by atoms with Crippen LogP contribution in [0.4, 0.5) is 5.69 Å². The summed E-state index contributed by atoms with van der Waals surface area (Å²) in [6, 6.07) is 5.56. The molecule has 1 aliphatic carbocycles. The second kappa shape index (κ2) is 5.64. The van der Waals surface area contributed by atoms with E-state index in [4.69, 9.17) is 17.3 Å². The Labute approximate surface area is 129 Å². The molecule has 0 unspecified atom stereocenters. The maximum atomic E-state index is 6.30. The maximum absolute atomic E-state index is 6.30. The van der Waals surface area contributed by atoms with Gasteiger partial charge in [-0.25, -0.2) is 4.68 Å². The van der Waals surface area contributed by atoms with Crippen molar-refractivity contribution in [2.45, 2.75) is 45.6 Å². The molecule has 1 aromatic heterocycles. The number of nitrogens with zero attached hydrogens (tertiary/aromatic N) is 4. The first kappa shape index (κ1) is 14.3.